The minimum absolute atomic E-state index is 0.0545. The third kappa shape index (κ3) is 4.16. The lowest BCUT2D eigenvalue weighted by Crippen LogP contribution is -2.32. The minimum Gasteiger partial charge on any atom is -0.394 e. The number of amides is 1. The zero-order chi connectivity index (χ0) is 20.5. The molecular weight excluding hydrogens is 429 g/mol. The summed E-state index contributed by atoms with van der Waals surface area (Å²) in [6.45, 7) is 3.40. The number of nitrogens with one attached hydrogen (secondary N) is 1. The summed E-state index contributed by atoms with van der Waals surface area (Å²) in [7, 11) is 0. The number of halogens is 2. The van der Waals surface area contributed by atoms with Gasteiger partial charge in [0.25, 0.3) is 5.91 Å². The average Bonchev–Trinajstić information content (AvgIpc) is 2.85. The van der Waals surface area contributed by atoms with Crippen molar-refractivity contribution in [3.63, 3.8) is 0 Å². The lowest BCUT2D eigenvalue weighted by Gasteiger charge is -2.20. The number of hydrogen-bond donors (Lipinski definition) is 2. The van der Waals surface area contributed by atoms with Crippen LogP contribution in [0, 0.1) is 5.82 Å². The van der Waals surface area contributed by atoms with Gasteiger partial charge in [-0.1, -0.05) is 22.0 Å². The van der Waals surface area contributed by atoms with E-state index in [1.165, 1.54) is 6.07 Å². The number of benzene rings is 2. The van der Waals surface area contributed by atoms with E-state index in [0.717, 1.165) is 5.56 Å². The Labute approximate surface area is 171 Å². The topological polar surface area (TPSA) is 75.6 Å². The van der Waals surface area contributed by atoms with Crippen LogP contribution >= 0.6 is 15.9 Å². The Bertz CT molecular complexity index is 942. The van der Waals surface area contributed by atoms with Crippen molar-refractivity contribution < 1.29 is 23.8 Å². The fourth-order valence-corrected chi connectivity index (χ4v) is 3.68. The molecule has 0 radical (unpaired) electrons. The Morgan fingerprint density at radius 2 is 2.00 bits per heavy atom. The molecule has 1 aliphatic heterocycles. The third-order valence-electron chi connectivity index (χ3n) is 4.75. The zero-order valence-electron chi connectivity index (χ0n) is 15.6. The first kappa shape index (κ1) is 20.6. The molecule has 2 aromatic carbocycles. The standard InChI is InChI=1S/C21H21BrFNO4/c1-21(2)17-10-15(19(26)11-28-6-5-25)13(8-16(17)20(27)24-21)7-12-3-4-14(22)9-18(12)23/h3-4,8-10,25H,5-7,11H2,1-2H3,(H,24,27). The average molecular weight is 450 g/mol. The van der Waals surface area contributed by atoms with Gasteiger partial charge in [-0.15, -0.1) is 0 Å². The number of carbonyl (C=O) groups is 2. The Hall–Kier alpha value is -2.09. The molecule has 1 aliphatic rings. The molecule has 2 N–H and O–H groups in total. The number of Topliss-reactive ketones (excluding diaryl/α,β-unsaturated/α-hetero) is 1. The van der Waals surface area contributed by atoms with Crippen LogP contribution in [0.4, 0.5) is 4.39 Å². The van der Waals surface area contributed by atoms with Gasteiger partial charge < -0.3 is 15.2 Å². The summed E-state index contributed by atoms with van der Waals surface area (Å²) in [6, 6.07) is 8.11. The van der Waals surface area contributed by atoms with Gasteiger partial charge in [0.2, 0.25) is 0 Å². The summed E-state index contributed by atoms with van der Waals surface area (Å²) < 4.78 is 20.1. The quantitative estimate of drug-likeness (QED) is 0.501. The number of aliphatic hydroxyl groups is 1. The van der Waals surface area contributed by atoms with Crippen LogP contribution in [0.25, 0.3) is 0 Å². The molecule has 148 valence electrons. The zero-order valence-corrected chi connectivity index (χ0v) is 17.2. The fraction of sp³-hybridized carbons (Fsp3) is 0.333. The van der Waals surface area contributed by atoms with E-state index in [1.807, 2.05) is 13.8 Å². The van der Waals surface area contributed by atoms with E-state index in [-0.39, 0.29) is 37.9 Å². The molecule has 1 heterocycles. The van der Waals surface area contributed by atoms with Gasteiger partial charge in [0.05, 0.1) is 18.8 Å². The second-order valence-electron chi connectivity index (χ2n) is 7.25. The first-order valence-corrected chi connectivity index (χ1v) is 9.68. The molecule has 7 heteroatoms. The van der Waals surface area contributed by atoms with Crippen LogP contribution in [0.3, 0.4) is 0 Å². The molecule has 28 heavy (non-hydrogen) atoms. The van der Waals surface area contributed by atoms with E-state index < -0.39 is 11.4 Å². The maximum atomic E-state index is 14.3. The molecule has 0 fully saturated rings. The van der Waals surface area contributed by atoms with Gasteiger partial charge in [-0.05, 0) is 54.8 Å². The van der Waals surface area contributed by atoms with E-state index >= 15 is 0 Å². The number of hydrogen-bond acceptors (Lipinski definition) is 4. The summed E-state index contributed by atoms with van der Waals surface area (Å²) in [5, 5.41) is 11.7. The number of aliphatic hydroxyl groups excluding tert-OH is 1. The molecule has 1 amide bonds. The smallest absolute Gasteiger partial charge is 0.252 e. The molecule has 0 unspecified atom stereocenters. The summed E-state index contributed by atoms with van der Waals surface area (Å²) >= 11 is 3.23. The number of ether oxygens (including phenoxy) is 1. The maximum Gasteiger partial charge on any atom is 0.252 e. The lowest BCUT2D eigenvalue weighted by molar-refractivity contribution is 0.0663. The van der Waals surface area contributed by atoms with Gasteiger partial charge in [-0.2, -0.15) is 0 Å². The predicted molar refractivity (Wildman–Crippen MR) is 106 cm³/mol. The van der Waals surface area contributed by atoms with Gasteiger partial charge in [-0.3, -0.25) is 9.59 Å². The van der Waals surface area contributed by atoms with E-state index in [1.54, 1.807) is 24.3 Å². The molecule has 0 bridgehead atoms. The summed E-state index contributed by atoms with van der Waals surface area (Å²) in [4.78, 5) is 25.1. The van der Waals surface area contributed by atoms with Crippen LogP contribution in [-0.2, 0) is 16.7 Å². The number of fused-ring (bicyclic) bond motifs is 1. The highest BCUT2D eigenvalue weighted by atomic mass is 79.9. The Kier molecular flexibility index (Phi) is 5.98. The van der Waals surface area contributed by atoms with Crippen molar-refractivity contribution in [2.24, 2.45) is 0 Å². The Morgan fingerprint density at radius 3 is 2.68 bits per heavy atom. The maximum absolute atomic E-state index is 14.3. The monoisotopic (exact) mass is 449 g/mol. The van der Waals surface area contributed by atoms with E-state index in [2.05, 4.69) is 21.2 Å². The molecule has 2 aromatic rings. The predicted octanol–water partition coefficient (Wildman–Crippen LogP) is 3.35. The van der Waals surface area contributed by atoms with Crippen molar-refractivity contribution >= 4 is 27.6 Å². The van der Waals surface area contributed by atoms with Gasteiger partial charge in [-0.25, -0.2) is 4.39 Å². The molecule has 0 aromatic heterocycles. The van der Waals surface area contributed by atoms with E-state index in [4.69, 9.17) is 9.84 Å². The number of ketones is 1. The van der Waals surface area contributed by atoms with Crippen LogP contribution in [-0.4, -0.2) is 36.6 Å². The van der Waals surface area contributed by atoms with Crippen LogP contribution in [0.15, 0.2) is 34.8 Å². The van der Waals surface area contributed by atoms with E-state index in [9.17, 15) is 14.0 Å². The second kappa shape index (κ2) is 8.11. The van der Waals surface area contributed by atoms with Gasteiger partial charge in [0.1, 0.15) is 12.4 Å². The Morgan fingerprint density at radius 1 is 1.25 bits per heavy atom. The van der Waals surface area contributed by atoms with Crippen LogP contribution in [0.5, 0.6) is 0 Å². The second-order valence-corrected chi connectivity index (χ2v) is 8.16. The highest BCUT2D eigenvalue weighted by Gasteiger charge is 2.36. The normalized spacial score (nSPS) is 14.7. The summed E-state index contributed by atoms with van der Waals surface area (Å²) in [6.07, 6.45) is 0.168. The van der Waals surface area contributed by atoms with Crippen LogP contribution < -0.4 is 5.32 Å². The number of carbonyl (C=O) groups excluding carboxylic acids is 2. The molecule has 0 saturated carbocycles. The van der Waals surface area contributed by atoms with Crippen molar-refractivity contribution in [1.82, 2.24) is 5.32 Å². The molecule has 5 nitrogen and oxygen atoms in total. The van der Waals surface area contributed by atoms with Crippen LogP contribution in [0.2, 0.25) is 0 Å². The molecule has 0 spiro atoms. The van der Waals surface area contributed by atoms with Crippen molar-refractivity contribution in [1.29, 1.82) is 0 Å². The van der Waals surface area contributed by atoms with Gasteiger partial charge in [0.15, 0.2) is 5.78 Å². The summed E-state index contributed by atoms with van der Waals surface area (Å²) in [5.74, 6) is -0.887. The minimum atomic E-state index is -0.602. The first-order valence-electron chi connectivity index (χ1n) is 8.88. The molecule has 0 saturated heterocycles. The first-order chi connectivity index (χ1) is 13.2. The van der Waals surface area contributed by atoms with Gasteiger partial charge in [0, 0.05) is 22.0 Å². The molecular formula is C21H21BrFNO4. The molecule has 3 rings (SSSR count). The van der Waals surface area contributed by atoms with Crippen molar-refractivity contribution in [3.05, 3.63) is 68.4 Å². The van der Waals surface area contributed by atoms with Crippen LogP contribution in [0.1, 0.15) is 51.3 Å². The fourth-order valence-electron chi connectivity index (χ4n) is 3.35. The summed E-state index contributed by atoms with van der Waals surface area (Å²) in [5.41, 5.74) is 1.99. The Balaban J connectivity index is 2.05. The highest BCUT2D eigenvalue weighted by Crippen LogP contribution is 2.34. The molecule has 0 aliphatic carbocycles. The number of rotatable bonds is 7. The highest BCUT2D eigenvalue weighted by molar-refractivity contribution is 9.10. The largest absolute Gasteiger partial charge is 0.394 e. The van der Waals surface area contributed by atoms with E-state index in [0.29, 0.717) is 26.7 Å². The SMILES string of the molecule is CC1(C)NC(=O)c2cc(Cc3ccc(Br)cc3F)c(C(=O)COCCO)cc21. The van der Waals surface area contributed by atoms with Crippen molar-refractivity contribution in [2.75, 3.05) is 19.8 Å². The van der Waals surface area contributed by atoms with Crippen molar-refractivity contribution in [3.8, 4) is 0 Å². The molecule has 0 atom stereocenters. The third-order valence-corrected chi connectivity index (χ3v) is 5.25. The van der Waals surface area contributed by atoms with Gasteiger partial charge >= 0.3 is 0 Å². The lowest BCUT2D eigenvalue weighted by atomic mass is 9.87. The van der Waals surface area contributed by atoms with Crippen molar-refractivity contribution in [2.45, 2.75) is 25.8 Å².